The van der Waals surface area contributed by atoms with Gasteiger partial charge in [-0.15, -0.1) is 8.78 Å². The highest BCUT2D eigenvalue weighted by molar-refractivity contribution is 5.95. The number of rotatable bonds is 2. The summed E-state index contributed by atoms with van der Waals surface area (Å²) in [7, 11) is 0. The molecular weight excluding hydrogens is 272 g/mol. The van der Waals surface area contributed by atoms with Crippen LogP contribution in [0.1, 0.15) is 0 Å². The highest BCUT2D eigenvalue weighted by Crippen LogP contribution is 2.42. The van der Waals surface area contributed by atoms with Crippen LogP contribution in [-0.2, 0) is 4.79 Å². The largest absolute Gasteiger partial charge is 0.586 e. The van der Waals surface area contributed by atoms with Gasteiger partial charge in [-0.05, 0) is 12.1 Å². The Hall–Kier alpha value is -1.93. The van der Waals surface area contributed by atoms with E-state index in [1.165, 1.54) is 18.2 Å². The Labute approximate surface area is 113 Å². The number of halogens is 2. The van der Waals surface area contributed by atoms with Crippen molar-refractivity contribution >= 4 is 11.6 Å². The molecule has 2 heterocycles. The van der Waals surface area contributed by atoms with Gasteiger partial charge in [-0.2, -0.15) is 0 Å². The van der Waals surface area contributed by atoms with Crippen LogP contribution in [0.25, 0.3) is 0 Å². The van der Waals surface area contributed by atoms with Crippen LogP contribution in [0.2, 0.25) is 0 Å². The molecule has 6 nitrogen and oxygen atoms in total. The van der Waals surface area contributed by atoms with E-state index in [1.54, 1.807) is 0 Å². The van der Waals surface area contributed by atoms with Crippen molar-refractivity contribution in [2.45, 2.75) is 12.3 Å². The van der Waals surface area contributed by atoms with Crippen LogP contribution in [0.15, 0.2) is 18.2 Å². The fourth-order valence-corrected chi connectivity index (χ4v) is 2.09. The van der Waals surface area contributed by atoms with Crippen LogP contribution in [0.4, 0.5) is 14.5 Å². The third-order valence-corrected chi connectivity index (χ3v) is 3.03. The summed E-state index contributed by atoms with van der Waals surface area (Å²) >= 11 is 0. The summed E-state index contributed by atoms with van der Waals surface area (Å²) in [6, 6.07) is 3.77. The lowest BCUT2D eigenvalue weighted by Crippen LogP contribution is -2.54. The molecule has 0 aliphatic carbocycles. The average molecular weight is 285 g/mol. The van der Waals surface area contributed by atoms with E-state index in [4.69, 9.17) is 0 Å². The topological polar surface area (TPSA) is 71.6 Å². The number of fused-ring (bicyclic) bond motifs is 1. The van der Waals surface area contributed by atoms with Crippen molar-refractivity contribution in [1.82, 2.24) is 10.6 Å². The number of alkyl halides is 2. The molecule has 1 unspecified atom stereocenters. The maximum atomic E-state index is 12.9. The van der Waals surface area contributed by atoms with Gasteiger partial charge in [0.1, 0.15) is 0 Å². The van der Waals surface area contributed by atoms with Gasteiger partial charge >= 0.3 is 6.29 Å². The first-order chi connectivity index (χ1) is 9.53. The lowest BCUT2D eigenvalue weighted by molar-refractivity contribution is -0.286. The first-order valence-corrected chi connectivity index (χ1v) is 6.18. The fourth-order valence-electron chi connectivity index (χ4n) is 2.09. The lowest BCUT2D eigenvalue weighted by atomic mass is 10.2. The van der Waals surface area contributed by atoms with Gasteiger partial charge in [-0.25, -0.2) is 0 Å². The molecule has 0 saturated carbocycles. The smallest absolute Gasteiger partial charge is 0.395 e. The Morgan fingerprint density at radius 2 is 2.10 bits per heavy atom. The molecule has 8 heteroatoms. The van der Waals surface area contributed by atoms with E-state index in [0.717, 1.165) is 6.54 Å². The number of amides is 1. The predicted octanol–water partition coefficient (Wildman–Crippen LogP) is 0.508. The van der Waals surface area contributed by atoms with Crippen molar-refractivity contribution in [3.63, 3.8) is 0 Å². The van der Waals surface area contributed by atoms with Gasteiger partial charge in [0.05, 0.1) is 6.04 Å². The summed E-state index contributed by atoms with van der Waals surface area (Å²) in [5.41, 5.74) is 0.377. The molecule has 0 bridgehead atoms. The molecule has 3 N–H and O–H groups in total. The maximum Gasteiger partial charge on any atom is 0.586 e. The number of carbonyl (C=O) groups is 1. The summed E-state index contributed by atoms with van der Waals surface area (Å²) in [4.78, 5) is 12.0. The standard InChI is InChI=1S/C12H13F2N3O3/c13-12(14)19-9-2-1-7(5-10(9)20-12)17-11(18)8-6-15-3-4-16-8/h1-2,5,8,15-16H,3-4,6H2,(H,17,18). The number of carbonyl (C=O) groups excluding carboxylic acids is 1. The van der Waals surface area contributed by atoms with E-state index in [0.29, 0.717) is 18.8 Å². The molecule has 20 heavy (non-hydrogen) atoms. The average Bonchev–Trinajstić information content (AvgIpc) is 2.73. The summed E-state index contributed by atoms with van der Waals surface area (Å²) in [5, 5.41) is 8.79. The quantitative estimate of drug-likeness (QED) is 0.738. The third kappa shape index (κ3) is 2.66. The van der Waals surface area contributed by atoms with Crippen molar-refractivity contribution in [3.8, 4) is 11.5 Å². The van der Waals surface area contributed by atoms with E-state index >= 15 is 0 Å². The van der Waals surface area contributed by atoms with E-state index in [9.17, 15) is 13.6 Å². The number of hydrogen-bond donors (Lipinski definition) is 3. The van der Waals surface area contributed by atoms with Gasteiger partial charge < -0.3 is 25.4 Å². The van der Waals surface area contributed by atoms with Gasteiger partial charge in [0.15, 0.2) is 11.5 Å². The highest BCUT2D eigenvalue weighted by Gasteiger charge is 2.43. The SMILES string of the molecule is O=C(Nc1ccc2c(c1)OC(F)(F)O2)C1CNCCN1. The summed E-state index contributed by atoms with van der Waals surface area (Å²) in [6.45, 7) is 2.03. The van der Waals surface area contributed by atoms with E-state index in [-0.39, 0.29) is 23.4 Å². The molecule has 3 rings (SSSR count). The zero-order valence-corrected chi connectivity index (χ0v) is 10.4. The van der Waals surface area contributed by atoms with E-state index in [2.05, 4.69) is 25.4 Å². The van der Waals surface area contributed by atoms with Crippen LogP contribution in [0, 0.1) is 0 Å². The minimum atomic E-state index is -3.65. The van der Waals surface area contributed by atoms with Crippen LogP contribution in [-0.4, -0.2) is 37.9 Å². The van der Waals surface area contributed by atoms with Crippen molar-refractivity contribution < 1.29 is 23.0 Å². The molecule has 1 fully saturated rings. The Kier molecular flexibility index (Phi) is 3.19. The van der Waals surface area contributed by atoms with Gasteiger partial charge in [0.2, 0.25) is 5.91 Å². The normalized spacial score (nSPS) is 23.4. The van der Waals surface area contributed by atoms with Gasteiger partial charge in [-0.3, -0.25) is 4.79 Å². The lowest BCUT2D eigenvalue weighted by Gasteiger charge is -2.23. The fraction of sp³-hybridized carbons (Fsp3) is 0.417. The first kappa shape index (κ1) is 13.1. The van der Waals surface area contributed by atoms with Gasteiger partial charge in [0.25, 0.3) is 0 Å². The molecular formula is C12H13F2N3O3. The molecule has 1 aromatic carbocycles. The molecule has 1 amide bonds. The first-order valence-electron chi connectivity index (χ1n) is 6.18. The van der Waals surface area contributed by atoms with E-state index < -0.39 is 6.29 Å². The predicted molar refractivity (Wildman–Crippen MR) is 65.9 cm³/mol. The summed E-state index contributed by atoms with van der Waals surface area (Å²) < 4.78 is 34.4. The summed E-state index contributed by atoms with van der Waals surface area (Å²) in [6.07, 6.45) is -3.65. The Morgan fingerprint density at radius 1 is 1.30 bits per heavy atom. The Balaban J connectivity index is 1.68. The molecule has 0 aromatic heterocycles. The second kappa shape index (κ2) is 4.88. The second-order valence-electron chi connectivity index (χ2n) is 4.53. The summed E-state index contributed by atoms with van der Waals surface area (Å²) in [5.74, 6) is -0.379. The van der Waals surface area contributed by atoms with Crippen molar-refractivity contribution in [1.29, 1.82) is 0 Å². The van der Waals surface area contributed by atoms with Gasteiger partial charge in [-0.1, -0.05) is 0 Å². The van der Waals surface area contributed by atoms with Crippen LogP contribution >= 0.6 is 0 Å². The molecule has 108 valence electrons. The van der Waals surface area contributed by atoms with Gasteiger partial charge in [0, 0.05) is 31.4 Å². The molecule has 0 spiro atoms. The van der Waals surface area contributed by atoms with E-state index in [1.807, 2.05) is 0 Å². The highest BCUT2D eigenvalue weighted by atomic mass is 19.3. The minimum absolute atomic E-state index is 0.0505. The number of benzene rings is 1. The van der Waals surface area contributed by atoms with Crippen LogP contribution in [0.5, 0.6) is 11.5 Å². The minimum Gasteiger partial charge on any atom is -0.395 e. The molecule has 1 saturated heterocycles. The van der Waals surface area contributed by atoms with Crippen molar-refractivity contribution in [2.75, 3.05) is 25.0 Å². The molecule has 1 atom stereocenters. The number of nitrogens with one attached hydrogen (secondary N) is 3. The number of hydrogen-bond acceptors (Lipinski definition) is 5. The van der Waals surface area contributed by atoms with Crippen molar-refractivity contribution in [3.05, 3.63) is 18.2 Å². The number of anilines is 1. The van der Waals surface area contributed by atoms with Crippen LogP contribution < -0.4 is 25.4 Å². The maximum absolute atomic E-state index is 12.9. The molecule has 0 radical (unpaired) electrons. The third-order valence-electron chi connectivity index (χ3n) is 3.03. The Morgan fingerprint density at radius 3 is 2.85 bits per heavy atom. The van der Waals surface area contributed by atoms with Crippen LogP contribution in [0.3, 0.4) is 0 Å². The second-order valence-corrected chi connectivity index (χ2v) is 4.53. The zero-order chi connectivity index (χ0) is 14.2. The van der Waals surface area contributed by atoms with Crippen molar-refractivity contribution in [2.24, 2.45) is 0 Å². The number of ether oxygens (including phenoxy) is 2. The zero-order valence-electron chi connectivity index (χ0n) is 10.4. The monoisotopic (exact) mass is 285 g/mol. The Bertz CT molecular complexity index is 533. The molecule has 2 aliphatic rings. The number of piperazine rings is 1. The molecule has 2 aliphatic heterocycles. The molecule has 1 aromatic rings.